The number of anilines is 13. The van der Waals surface area contributed by atoms with Crippen molar-refractivity contribution in [3.8, 4) is 78.2 Å². The monoisotopic (exact) mass is 1840 g/mol. The lowest BCUT2D eigenvalue weighted by Gasteiger charge is -2.25. The molecule has 0 atom stereocenters. The van der Waals surface area contributed by atoms with Gasteiger partial charge in [0.25, 0.3) is 0 Å². The van der Waals surface area contributed by atoms with E-state index in [4.69, 9.17) is 35.4 Å². The fourth-order valence-corrected chi connectivity index (χ4v) is 21.6. The summed E-state index contributed by atoms with van der Waals surface area (Å²) < 4.78 is 5.37. The Hall–Kier alpha value is -13.9. The predicted molar refractivity (Wildman–Crippen MR) is 536 cm³/mol. The summed E-state index contributed by atoms with van der Waals surface area (Å²) in [5.41, 5.74) is 32.6. The minimum Gasteiger partial charge on any atom is -0.506 e. The largest absolute Gasteiger partial charge is 0.506 e. The van der Waals surface area contributed by atoms with Crippen LogP contribution in [0.2, 0.25) is 0 Å². The third-order valence-electron chi connectivity index (χ3n) is 23.2. The number of carbonyl (C=O) groups is 3. The summed E-state index contributed by atoms with van der Waals surface area (Å²) in [5.74, 6) is 3.72. The molecule has 0 unspecified atom stereocenters. The van der Waals surface area contributed by atoms with Crippen LogP contribution in [0.15, 0.2) is 222 Å². The van der Waals surface area contributed by atoms with Crippen LogP contribution in [-0.4, -0.2) is 111 Å². The number of ether oxygens (including phenoxy) is 1. The number of nitrogens with zero attached hydrogens (tertiary/aromatic N) is 11. The number of phenols is 1. The molecule has 1 fully saturated rings. The fraction of sp³-hybridized carbons (Fsp3) is 0.225. The van der Waals surface area contributed by atoms with E-state index in [2.05, 4.69) is 168 Å². The molecule has 666 valence electrons. The van der Waals surface area contributed by atoms with Gasteiger partial charge in [-0.3, -0.25) is 14.4 Å². The Labute approximate surface area is 785 Å². The summed E-state index contributed by atoms with van der Waals surface area (Å²) in [5, 5.41) is 43.4. The average molecular weight is 1840 g/mol. The van der Waals surface area contributed by atoms with Crippen molar-refractivity contribution >= 4 is 150 Å². The normalized spacial score (nSPS) is 13.1. The zero-order valence-electron chi connectivity index (χ0n) is 73.4. The Bertz CT molecular complexity index is 6860. The van der Waals surface area contributed by atoms with Gasteiger partial charge in [0.1, 0.15) is 11.5 Å². The summed E-state index contributed by atoms with van der Waals surface area (Å²) in [6, 6.07) is 55.1. The van der Waals surface area contributed by atoms with Gasteiger partial charge in [-0.25, -0.2) is 49.8 Å². The van der Waals surface area contributed by atoms with E-state index in [0.717, 1.165) is 169 Å². The van der Waals surface area contributed by atoms with E-state index in [1.54, 1.807) is 59.3 Å². The fourth-order valence-electron chi connectivity index (χ4n) is 16.9. The van der Waals surface area contributed by atoms with Gasteiger partial charge < -0.3 is 63.0 Å². The third-order valence-corrected chi connectivity index (χ3v) is 28.4. The molecule has 30 heteroatoms. The molecule has 1 saturated heterocycles. The molecule has 16 aromatic rings. The lowest BCUT2D eigenvalue weighted by molar-refractivity contribution is -0.117. The van der Waals surface area contributed by atoms with E-state index < -0.39 is 0 Å². The van der Waals surface area contributed by atoms with Crippen LogP contribution in [0.25, 0.3) is 66.7 Å². The Morgan fingerprint density at radius 1 is 0.402 bits per heavy atom. The third kappa shape index (κ3) is 21.9. The van der Waals surface area contributed by atoms with Crippen LogP contribution in [0.1, 0.15) is 102 Å². The second kappa shape index (κ2) is 41.5. The quantitative estimate of drug-likeness (QED) is 0.0317. The highest BCUT2D eigenvalue weighted by Gasteiger charge is 2.27. The molecular weight excluding hydrogens is 1750 g/mol. The van der Waals surface area contributed by atoms with Crippen molar-refractivity contribution in [1.82, 2.24) is 54.7 Å². The van der Waals surface area contributed by atoms with Crippen LogP contribution < -0.4 is 53.0 Å². The standard InChI is InChI=1S/C24H27N5OS.C23H19N3O2S.C19H19N5OS.C18H16N4OS.C18H17N3S/c30-22(9-13-29-11-2-1-3-12-29)26-18-5-4-6-19(15-18)27-24-25-16-17-7-8-21-20(10-14-31-21)23(17)28-24;1-28-16-6-4-5-14(11-16)21-12-17-20(29-21)10-9-15-13-24-23(26-22(15)17)25-18-7-2-3-8-19(18)27;20-8-6-17(25)22-13-2-1-3-14(10-13)23-19-21-11-12-4-5-16-15(7-9-26-16)18(12)24-19;1-11(23)20-13-3-2-4-14(9-13)21-18-19-10-12-5-6-16-15(7-8-24-16)17(12)22-18;1-11-7-12(2)9-14(8-11)20-18-19-10-13-3-4-16-15(5-6-22-16)17(13)21-18/h4-6,10,14-16H,1-3,7-9,11-13H2,(H,26,30)(H,25,27,28);2-8,11-13,27H,9-10H2,1H3,(H,24,25,26);1-3,7,9-11H,4-6,8,20H2,(H,22,25)(H,21,23,24);2-4,7-10H,5-6H2,1H3,(H,20,23)(H,19,21,22);5-10H,3-4H2,1-2H3,(H,19,20,21). The zero-order chi connectivity index (χ0) is 90.4. The average Bonchev–Trinajstić information content (AvgIpc) is 1.63. The van der Waals surface area contributed by atoms with E-state index in [9.17, 15) is 19.5 Å². The molecule has 0 spiro atoms. The highest BCUT2D eigenvalue weighted by atomic mass is 32.1. The van der Waals surface area contributed by atoms with Gasteiger partial charge in [-0.15, -0.1) is 56.7 Å². The highest BCUT2D eigenvalue weighted by molar-refractivity contribution is 7.16. The number of piperidine rings is 1. The summed E-state index contributed by atoms with van der Waals surface area (Å²) in [6.07, 6.45) is 24.4. The van der Waals surface area contributed by atoms with Crippen molar-refractivity contribution in [3.05, 3.63) is 286 Å². The van der Waals surface area contributed by atoms with Crippen molar-refractivity contribution < 1.29 is 24.2 Å². The number of aromatic hydroxyl groups is 1. The summed E-state index contributed by atoms with van der Waals surface area (Å²) >= 11 is 8.99. The molecular formula is C102H98N20O5S5. The minimum absolute atomic E-state index is 0.0535. The van der Waals surface area contributed by atoms with Crippen LogP contribution >= 0.6 is 56.7 Å². The smallest absolute Gasteiger partial charge is 0.227 e. The van der Waals surface area contributed by atoms with Crippen LogP contribution in [0.5, 0.6) is 11.5 Å². The Morgan fingerprint density at radius 3 is 1.23 bits per heavy atom. The van der Waals surface area contributed by atoms with Crippen molar-refractivity contribution in [2.45, 2.75) is 117 Å². The van der Waals surface area contributed by atoms with Gasteiger partial charge in [-0.1, -0.05) is 55.0 Å². The molecule has 1 aliphatic heterocycles. The Kier molecular flexibility index (Phi) is 27.9. The molecule has 11 N–H and O–H groups in total. The molecule has 11 heterocycles. The number of rotatable bonds is 20. The van der Waals surface area contributed by atoms with Gasteiger partial charge >= 0.3 is 0 Å². The van der Waals surface area contributed by atoms with Gasteiger partial charge in [0.2, 0.25) is 47.5 Å². The van der Waals surface area contributed by atoms with E-state index in [0.29, 0.717) is 60.5 Å². The van der Waals surface area contributed by atoms with E-state index in [-0.39, 0.29) is 23.5 Å². The number of phenolic OH excluding ortho intramolecular Hbond substituents is 1. The number of para-hydroxylation sites is 2. The molecule has 0 saturated carbocycles. The SMILES string of the molecule is CC(=O)Nc1cccc(Nc2ncc3c(n2)-c2ccsc2CC3)c1.COc1cccc(-c2cc3c(s2)CCc2cnc(Nc4ccccc4O)nc2-3)c1.Cc1cc(C)cc(Nc2ncc3c(n2)-c2ccsc2CC3)c1.NCCC(=O)Nc1cccc(Nc2ncc3c(n2)-c2ccsc2CC3)c1.O=C(CCN1CCCCC1)Nc1cccc(Nc2ncc3c(n2)-c2ccsc2CC3)c1. The van der Waals surface area contributed by atoms with Gasteiger partial charge in [0.05, 0.1) is 41.3 Å². The van der Waals surface area contributed by atoms with Crippen molar-refractivity contribution in [2.24, 2.45) is 5.73 Å². The lowest BCUT2D eigenvalue weighted by atomic mass is 9.96. The number of benzene rings is 6. The number of nitrogens with one attached hydrogen (secondary N) is 8. The molecule has 6 aliphatic rings. The Morgan fingerprint density at radius 2 is 0.795 bits per heavy atom. The second-order valence-corrected chi connectivity index (χ2v) is 37.9. The molecule has 3 amide bonds. The molecule has 25 nitrogen and oxygen atoms in total. The summed E-state index contributed by atoms with van der Waals surface area (Å²) in [4.78, 5) is 91.9. The van der Waals surface area contributed by atoms with Crippen LogP contribution in [0.4, 0.5) is 75.2 Å². The molecule has 22 rings (SSSR count). The first-order chi connectivity index (χ1) is 64.5. The predicted octanol–water partition coefficient (Wildman–Crippen LogP) is 22.3. The van der Waals surface area contributed by atoms with E-state index in [1.165, 1.54) is 111 Å². The number of aryl methyl sites for hydroxylation is 12. The number of hydrogen-bond donors (Lipinski definition) is 10. The maximum atomic E-state index is 12.4. The first-order valence-electron chi connectivity index (χ1n) is 44.2. The first-order valence-corrected chi connectivity index (χ1v) is 48.5. The number of carbonyl (C=O) groups excluding carboxylic acids is 3. The number of aromatic nitrogens is 10. The molecule has 6 aromatic carbocycles. The number of thiophene rings is 5. The Balaban J connectivity index is 0.000000111. The van der Waals surface area contributed by atoms with Crippen molar-refractivity contribution in [3.63, 3.8) is 0 Å². The number of fused-ring (bicyclic) bond motifs is 15. The van der Waals surface area contributed by atoms with E-state index in [1.807, 2.05) is 145 Å². The van der Waals surface area contributed by atoms with Gasteiger partial charge in [-0.2, -0.15) is 0 Å². The van der Waals surface area contributed by atoms with Crippen molar-refractivity contribution in [2.75, 3.05) is 75.8 Å². The number of amides is 3. The number of nitrogens with two attached hydrogens (primary N) is 1. The van der Waals surface area contributed by atoms with Gasteiger partial charge in [0, 0.05) is 161 Å². The van der Waals surface area contributed by atoms with Crippen molar-refractivity contribution in [1.29, 1.82) is 0 Å². The highest BCUT2D eigenvalue weighted by Crippen LogP contribution is 2.45. The molecule has 10 aromatic heterocycles. The van der Waals surface area contributed by atoms with E-state index >= 15 is 0 Å². The van der Waals surface area contributed by atoms with Crippen LogP contribution in [0.3, 0.4) is 0 Å². The lowest BCUT2D eigenvalue weighted by Crippen LogP contribution is -2.32. The van der Waals surface area contributed by atoms with Gasteiger partial charge in [-0.05, 0) is 291 Å². The summed E-state index contributed by atoms with van der Waals surface area (Å²) in [6.45, 7) is 9.08. The molecule has 132 heavy (non-hydrogen) atoms. The van der Waals surface area contributed by atoms with Crippen LogP contribution in [-0.2, 0) is 78.6 Å². The number of methoxy groups -OCH3 is 1. The molecule has 0 bridgehead atoms. The van der Waals surface area contributed by atoms with Gasteiger partial charge in [0.15, 0.2) is 0 Å². The van der Waals surface area contributed by atoms with Crippen LogP contribution in [0, 0.1) is 13.8 Å². The second-order valence-electron chi connectivity index (χ2n) is 32.8. The molecule has 0 radical (unpaired) electrons. The summed E-state index contributed by atoms with van der Waals surface area (Å²) in [7, 11) is 1.69. The molecule has 5 aliphatic carbocycles. The maximum absolute atomic E-state index is 12.4. The minimum atomic E-state index is -0.0975. The number of hydrogen-bond acceptors (Lipinski definition) is 27. The zero-order valence-corrected chi connectivity index (χ0v) is 77.5. The topological polar surface area (TPSA) is 335 Å². The first kappa shape index (κ1) is 88.8. The maximum Gasteiger partial charge on any atom is 0.227 e. The number of likely N-dealkylation sites (tertiary alicyclic amines) is 1.